The molecule has 0 saturated carbocycles. The van der Waals surface area contributed by atoms with Crippen molar-refractivity contribution in [1.82, 2.24) is 9.88 Å². The number of halogens is 1. The minimum Gasteiger partial charge on any atom is -0.550 e. The molecule has 8 nitrogen and oxygen atoms in total. The molecular formula is C18H19BrN3NaO5. The van der Waals surface area contributed by atoms with Gasteiger partial charge in [0.15, 0.2) is 5.69 Å². The van der Waals surface area contributed by atoms with Crippen molar-refractivity contribution in [2.45, 2.75) is 32.9 Å². The van der Waals surface area contributed by atoms with E-state index in [2.05, 4.69) is 26.6 Å². The molecule has 10 heteroatoms. The predicted molar refractivity (Wildman–Crippen MR) is 101 cm³/mol. The number of nitrogens with zero attached hydrogens (tertiary/aromatic N) is 1. The van der Waals surface area contributed by atoms with Crippen LogP contribution in [0.5, 0.6) is 5.75 Å². The van der Waals surface area contributed by atoms with E-state index in [0.717, 1.165) is 0 Å². The molecule has 1 aromatic heterocycles. The normalized spacial score (nSPS) is 11.2. The largest absolute Gasteiger partial charge is 1.00 e. The second-order valence-corrected chi connectivity index (χ2v) is 6.82. The van der Waals surface area contributed by atoms with Crippen LogP contribution < -0.4 is 50.9 Å². The monoisotopic (exact) mass is 459 g/mol. The SMILES string of the molecule is CCn1cc(C)c(O)c(NC(=O)NC(CC(=O)[O-])c2cccc(Br)c2)c1=O.[Na+]. The maximum absolute atomic E-state index is 12.4. The standard InChI is InChI=1S/C18H20BrN3O5.Na/c1-3-22-9-10(2)16(25)15(17(22)26)21-18(27)20-13(8-14(23)24)11-5-4-6-12(19)7-11;/h4-7,9,13,25H,3,8H2,1-2H3,(H,23,24)(H2,20,21,27);/q;+1/p-1. The number of anilines is 1. The molecule has 144 valence electrons. The summed E-state index contributed by atoms with van der Waals surface area (Å²) in [4.78, 5) is 35.8. The number of aryl methyl sites for hydroxylation is 2. The van der Waals surface area contributed by atoms with Gasteiger partial charge in [-0.2, -0.15) is 0 Å². The van der Waals surface area contributed by atoms with E-state index >= 15 is 0 Å². The molecule has 2 aromatic rings. The number of hydrogen-bond acceptors (Lipinski definition) is 5. The number of carboxylic acid groups (broad SMARTS) is 1. The van der Waals surface area contributed by atoms with Crippen LogP contribution in [-0.4, -0.2) is 21.7 Å². The molecule has 3 N–H and O–H groups in total. The van der Waals surface area contributed by atoms with Crippen LogP contribution in [0.3, 0.4) is 0 Å². The fourth-order valence-corrected chi connectivity index (χ4v) is 3.01. The third-order valence-corrected chi connectivity index (χ3v) is 4.43. The van der Waals surface area contributed by atoms with Crippen molar-refractivity contribution in [3.8, 4) is 5.75 Å². The summed E-state index contributed by atoms with van der Waals surface area (Å²) in [7, 11) is 0. The van der Waals surface area contributed by atoms with Crippen molar-refractivity contribution in [2.24, 2.45) is 0 Å². The van der Waals surface area contributed by atoms with Crippen LogP contribution in [0.4, 0.5) is 10.5 Å². The molecule has 0 saturated heterocycles. The van der Waals surface area contributed by atoms with Gasteiger partial charge in [0.1, 0.15) is 5.75 Å². The Morgan fingerprint density at radius 2 is 2.04 bits per heavy atom. The van der Waals surface area contributed by atoms with E-state index in [9.17, 15) is 24.6 Å². The number of aromatic nitrogens is 1. The van der Waals surface area contributed by atoms with E-state index in [-0.39, 0.29) is 41.0 Å². The van der Waals surface area contributed by atoms with E-state index in [0.29, 0.717) is 22.1 Å². The van der Waals surface area contributed by atoms with Crippen molar-refractivity contribution in [3.05, 3.63) is 56.4 Å². The van der Waals surface area contributed by atoms with Crippen LogP contribution in [0.1, 0.15) is 30.5 Å². The van der Waals surface area contributed by atoms with Gasteiger partial charge < -0.3 is 30.2 Å². The molecule has 1 atom stereocenters. The van der Waals surface area contributed by atoms with Gasteiger partial charge in [0, 0.05) is 35.2 Å². The van der Waals surface area contributed by atoms with Gasteiger partial charge in [-0.15, -0.1) is 0 Å². The van der Waals surface area contributed by atoms with Gasteiger partial charge >= 0.3 is 35.6 Å². The molecule has 0 fully saturated rings. The van der Waals surface area contributed by atoms with Gasteiger partial charge in [-0.05, 0) is 31.5 Å². The molecule has 0 aliphatic carbocycles. The summed E-state index contributed by atoms with van der Waals surface area (Å²) in [5.41, 5.74) is 0.138. The van der Waals surface area contributed by atoms with Crippen LogP contribution in [0.25, 0.3) is 0 Å². The summed E-state index contributed by atoms with van der Waals surface area (Å²) in [5, 5.41) is 26.0. The fourth-order valence-electron chi connectivity index (χ4n) is 2.59. The van der Waals surface area contributed by atoms with E-state index in [1.54, 1.807) is 38.1 Å². The molecule has 0 bridgehead atoms. The first-order valence-corrected chi connectivity index (χ1v) is 8.98. The zero-order chi connectivity index (χ0) is 20.1. The Bertz CT molecular complexity index is 932. The smallest absolute Gasteiger partial charge is 0.550 e. The second kappa shape index (κ2) is 10.7. The minimum absolute atomic E-state index is 0. The molecule has 0 aliphatic heterocycles. The van der Waals surface area contributed by atoms with Crippen LogP contribution in [0.15, 0.2) is 39.7 Å². The number of benzene rings is 1. The molecular weight excluding hydrogens is 441 g/mol. The summed E-state index contributed by atoms with van der Waals surface area (Å²) in [6.45, 7) is 3.72. The molecule has 1 heterocycles. The third kappa shape index (κ3) is 6.10. The quantitative estimate of drug-likeness (QED) is 0.461. The maximum Gasteiger partial charge on any atom is 1.00 e. The molecule has 2 amide bonds. The minimum atomic E-state index is -1.34. The van der Waals surface area contributed by atoms with E-state index in [1.165, 1.54) is 10.8 Å². The number of carbonyl (C=O) groups excluding carboxylic acids is 2. The Balaban J connectivity index is 0.00000392. The van der Waals surface area contributed by atoms with E-state index in [1.807, 2.05) is 0 Å². The Labute approximate surface area is 192 Å². The van der Waals surface area contributed by atoms with E-state index < -0.39 is 30.0 Å². The van der Waals surface area contributed by atoms with E-state index in [4.69, 9.17) is 0 Å². The number of nitrogens with one attached hydrogen (secondary N) is 2. The topological polar surface area (TPSA) is 123 Å². The average molecular weight is 460 g/mol. The number of hydrogen-bond donors (Lipinski definition) is 3. The maximum atomic E-state index is 12.4. The van der Waals surface area contributed by atoms with Crippen molar-refractivity contribution >= 4 is 33.6 Å². The number of urea groups is 1. The van der Waals surface area contributed by atoms with Gasteiger partial charge in [-0.25, -0.2) is 4.79 Å². The first-order valence-electron chi connectivity index (χ1n) is 8.18. The first kappa shape index (κ1) is 24.2. The zero-order valence-corrected chi connectivity index (χ0v) is 19.4. The third-order valence-electron chi connectivity index (χ3n) is 3.94. The fraction of sp³-hybridized carbons (Fsp3) is 0.278. The van der Waals surface area contributed by atoms with Crippen molar-refractivity contribution in [1.29, 1.82) is 0 Å². The summed E-state index contributed by atoms with van der Waals surface area (Å²) in [6.07, 6.45) is 1.03. The molecule has 0 radical (unpaired) electrons. The Hall–Kier alpha value is -1.81. The van der Waals surface area contributed by atoms with Crippen LogP contribution in [0.2, 0.25) is 0 Å². The van der Waals surface area contributed by atoms with Crippen molar-refractivity contribution in [2.75, 3.05) is 5.32 Å². The number of pyridine rings is 1. The van der Waals surface area contributed by atoms with Gasteiger partial charge in [-0.1, -0.05) is 28.1 Å². The molecule has 0 spiro atoms. The van der Waals surface area contributed by atoms with Gasteiger partial charge in [0.2, 0.25) is 0 Å². The molecule has 2 rings (SSSR count). The van der Waals surface area contributed by atoms with Crippen LogP contribution in [0, 0.1) is 6.92 Å². The Morgan fingerprint density at radius 3 is 2.61 bits per heavy atom. The van der Waals surface area contributed by atoms with Gasteiger partial charge in [0.05, 0.1) is 6.04 Å². The Morgan fingerprint density at radius 1 is 1.36 bits per heavy atom. The second-order valence-electron chi connectivity index (χ2n) is 5.91. The Kier molecular flexibility index (Phi) is 9.22. The first-order chi connectivity index (χ1) is 12.7. The number of carboxylic acids is 1. The van der Waals surface area contributed by atoms with Gasteiger partial charge in [-0.3, -0.25) is 4.79 Å². The number of aliphatic carboxylic acids is 1. The summed E-state index contributed by atoms with van der Waals surface area (Å²) in [6, 6.07) is 5.09. The van der Waals surface area contributed by atoms with Crippen molar-refractivity contribution < 1.29 is 49.4 Å². The number of rotatable bonds is 6. The molecule has 1 unspecified atom stereocenters. The predicted octanol–water partition coefficient (Wildman–Crippen LogP) is -1.35. The number of carbonyl (C=O) groups is 2. The number of amides is 2. The van der Waals surface area contributed by atoms with Crippen molar-refractivity contribution in [3.63, 3.8) is 0 Å². The summed E-state index contributed by atoms with van der Waals surface area (Å²) >= 11 is 3.29. The molecule has 28 heavy (non-hydrogen) atoms. The van der Waals surface area contributed by atoms with Crippen LogP contribution >= 0.6 is 15.9 Å². The summed E-state index contributed by atoms with van der Waals surface area (Å²) in [5.74, 6) is -1.68. The zero-order valence-electron chi connectivity index (χ0n) is 15.8. The average Bonchev–Trinajstić information content (AvgIpc) is 2.61. The molecule has 1 aromatic carbocycles. The van der Waals surface area contributed by atoms with Crippen LogP contribution in [-0.2, 0) is 11.3 Å². The number of aromatic hydroxyl groups is 1. The van der Waals surface area contributed by atoms with Gasteiger partial charge in [0.25, 0.3) is 5.56 Å². The molecule has 0 aliphatic rings. The summed E-state index contributed by atoms with van der Waals surface area (Å²) < 4.78 is 2.06.